The van der Waals surface area contributed by atoms with E-state index in [0.29, 0.717) is 18.8 Å². The SMILES string of the molecule is COCCn1cc(NC(=O)C2(N)C3CCCOC3C2(C)C)cn1. The molecule has 23 heavy (non-hydrogen) atoms. The number of methoxy groups -OCH3 is 1. The number of anilines is 1. The molecule has 3 atom stereocenters. The number of rotatable bonds is 5. The lowest BCUT2D eigenvalue weighted by Gasteiger charge is -2.65. The first-order chi connectivity index (χ1) is 10.9. The van der Waals surface area contributed by atoms with Gasteiger partial charge in [-0.15, -0.1) is 0 Å². The number of fused-ring (bicyclic) bond motifs is 1. The van der Waals surface area contributed by atoms with Crippen molar-refractivity contribution in [1.29, 1.82) is 0 Å². The maximum Gasteiger partial charge on any atom is 0.245 e. The third-order valence-corrected chi connectivity index (χ3v) is 5.48. The van der Waals surface area contributed by atoms with E-state index in [2.05, 4.69) is 10.4 Å². The van der Waals surface area contributed by atoms with Gasteiger partial charge in [0, 0.05) is 31.2 Å². The van der Waals surface area contributed by atoms with Crippen molar-refractivity contribution < 1.29 is 14.3 Å². The Balaban J connectivity index is 1.71. The van der Waals surface area contributed by atoms with E-state index in [0.717, 1.165) is 19.4 Å². The van der Waals surface area contributed by atoms with Crippen LogP contribution in [-0.2, 0) is 20.8 Å². The number of aromatic nitrogens is 2. The largest absolute Gasteiger partial charge is 0.383 e. The first-order valence-corrected chi connectivity index (χ1v) is 8.14. The summed E-state index contributed by atoms with van der Waals surface area (Å²) >= 11 is 0. The predicted molar refractivity (Wildman–Crippen MR) is 85.9 cm³/mol. The Morgan fingerprint density at radius 1 is 1.61 bits per heavy atom. The first-order valence-electron chi connectivity index (χ1n) is 8.14. The molecule has 1 aromatic rings. The average Bonchev–Trinajstić information content (AvgIpc) is 2.99. The monoisotopic (exact) mass is 322 g/mol. The lowest BCUT2D eigenvalue weighted by atomic mass is 9.46. The van der Waals surface area contributed by atoms with Gasteiger partial charge in [-0.25, -0.2) is 0 Å². The Labute approximate surface area is 136 Å². The van der Waals surface area contributed by atoms with Crippen molar-refractivity contribution in [2.75, 3.05) is 25.6 Å². The Hall–Kier alpha value is -1.44. The summed E-state index contributed by atoms with van der Waals surface area (Å²) < 4.78 is 12.6. The third kappa shape index (κ3) is 2.47. The summed E-state index contributed by atoms with van der Waals surface area (Å²) in [6.45, 7) is 6.00. The molecule has 7 heteroatoms. The molecule has 1 aromatic heterocycles. The van der Waals surface area contributed by atoms with Crippen LogP contribution in [0.15, 0.2) is 12.4 Å². The van der Waals surface area contributed by atoms with Gasteiger partial charge in [-0.2, -0.15) is 5.10 Å². The Bertz CT molecular complexity index is 586. The zero-order valence-corrected chi connectivity index (χ0v) is 14.0. The molecule has 1 amide bonds. The molecule has 2 aliphatic rings. The molecule has 3 rings (SSSR count). The van der Waals surface area contributed by atoms with Gasteiger partial charge in [-0.1, -0.05) is 13.8 Å². The highest BCUT2D eigenvalue weighted by Crippen LogP contribution is 2.57. The van der Waals surface area contributed by atoms with Crippen molar-refractivity contribution in [2.45, 2.75) is 44.9 Å². The maximum absolute atomic E-state index is 12.9. The van der Waals surface area contributed by atoms with Gasteiger partial charge in [-0.05, 0) is 12.8 Å². The second-order valence-corrected chi connectivity index (χ2v) is 7.07. The van der Waals surface area contributed by atoms with Crippen molar-refractivity contribution in [3.63, 3.8) is 0 Å². The number of nitrogens with one attached hydrogen (secondary N) is 1. The van der Waals surface area contributed by atoms with Crippen LogP contribution in [0.4, 0.5) is 5.69 Å². The van der Waals surface area contributed by atoms with Crippen LogP contribution in [0.2, 0.25) is 0 Å². The molecule has 3 unspecified atom stereocenters. The molecular weight excluding hydrogens is 296 g/mol. The molecular formula is C16H26N4O3. The number of nitrogens with two attached hydrogens (primary N) is 1. The van der Waals surface area contributed by atoms with E-state index in [1.807, 2.05) is 13.8 Å². The highest BCUT2D eigenvalue weighted by molar-refractivity contribution is 6.00. The van der Waals surface area contributed by atoms with Crippen molar-refractivity contribution in [3.05, 3.63) is 12.4 Å². The number of carbonyl (C=O) groups is 1. The minimum Gasteiger partial charge on any atom is -0.383 e. The van der Waals surface area contributed by atoms with Gasteiger partial charge in [0.1, 0.15) is 5.54 Å². The molecule has 7 nitrogen and oxygen atoms in total. The van der Waals surface area contributed by atoms with Gasteiger partial charge in [-0.3, -0.25) is 9.48 Å². The van der Waals surface area contributed by atoms with Crippen molar-refractivity contribution in [1.82, 2.24) is 9.78 Å². The van der Waals surface area contributed by atoms with Crippen LogP contribution in [0.1, 0.15) is 26.7 Å². The van der Waals surface area contributed by atoms with Crippen LogP contribution in [0.5, 0.6) is 0 Å². The zero-order valence-electron chi connectivity index (χ0n) is 14.0. The molecule has 0 aromatic carbocycles. The standard InChI is InChI=1S/C16H26N4O3/c1-15(2)13-12(5-4-7-23-13)16(15,17)14(21)19-11-9-18-20(10-11)6-8-22-3/h9-10,12-13H,4-8,17H2,1-3H3,(H,19,21). The van der Waals surface area contributed by atoms with Gasteiger partial charge in [0.2, 0.25) is 5.91 Å². The highest BCUT2D eigenvalue weighted by atomic mass is 16.5. The molecule has 3 N–H and O–H groups in total. The van der Waals surface area contributed by atoms with Gasteiger partial charge >= 0.3 is 0 Å². The molecule has 0 bridgehead atoms. The summed E-state index contributed by atoms with van der Waals surface area (Å²) in [5, 5.41) is 7.13. The Morgan fingerprint density at radius 2 is 2.39 bits per heavy atom. The maximum atomic E-state index is 12.9. The second-order valence-electron chi connectivity index (χ2n) is 7.07. The normalized spacial score (nSPS) is 32.0. The molecule has 2 heterocycles. The van der Waals surface area contributed by atoms with E-state index in [1.54, 1.807) is 24.2 Å². The number of hydrogen-bond donors (Lipinski definition) is 2. The quantitative estimate of drug-likeness (QED) is 0.844. The minimum atomic E-state index is -0.910. The fourth-order valence-electron chi connectivity index (χ4n) is 4.01. The predicted octanol–water partition coefficient (Wildman–Crippen LogP) is 1.00. The average molecular weight is 322 g/mol. The van der Waals surface area contributed by atoms with Gasteiger partial charge in [0.05, 0.1) is 31.1 Å². The smallest absolute Gasteiger partial charge is 0.245 e. The van der Waals surface area contributed by atoms with E-state index < -0.39 is 5.54 Å². The number of ether oxygens (including phenoxy) is 2. The van der Waals surface area contributed by atoms with Crippen molar-refractivity contribution in [3.8, 4) is 0 Å². The zero-order chi connectivity index (χ0) is 16.7. The van der Waals surface area contributed by atoms with Crippen molar-refractivity contribution >= 4 is 11.6 Å². The van der Waals surface area contributed by atoms with E-state index in [1.165, 1.54) is 0 Å². The van der Waals surface area contributed by atoms with Crippen molar-refractivity contribution in [2.24, 2.45) is 17.1 Å². The van der Waals surface area contributed by atoms with Crippen LogP contribution >= 0.6 is 0 Å². The Kier molecular flexibility index (Phi) is 4.20. The molecule has 1 saturated heterocycles. The number of nitrogens with zero attached hydrogens (tertiary/aromatic N) is 2. The molecule has 1 aliphatic heterocycles. The molecule has 0 radical (unpaired) electrons. The van der Waals surface area contributed by atoms with Gasteiger partial charge in [0.25, 0.3) is 0 Å². The number of amides is 1. The second kappa shape index (κ2) is 5.89. The van der Waals surface area contributed by atoms with Crippen LogP contribution in [0, 0.1) is 11.3 Å². The first kappa shape index (κ1) is 16.4. The van der Waals surface area contributed by atoms with Gasteiger partial charge < -0.3 is 20.5 Å². The number of carbonyl (C=O) groups excluding carboxylic acids is 1. The fourth-order valence-corrected chi connectivity index (χ4v) is 4.01. The lowest BCUT2D eigenvalue weighted by Crippen LogP contribution is -2.81. The van der Waals surface area contributed by atoms with E-state index in [4.69, 9.17) is 15.2 Å². The van der Waals surface area contributed by atoms with Crippen LogP contribution in [0.3, 0.4) is 0 Å². The highest BCUT2D eigenvalue weighted by Gasteiger charge is 2.70. The fraction of sp³-hybridized carbons (Fsp3) is 0.750. The molecule has 0 spiro atoms. The van der Waals surface area contributed by atoms with E-state index in [9.17, 15) is 4.79 Å². The molecule has 128 valence electrons. The lowest BCUT2D eigenvalue weighted by molar-refractivity contribution is -0.222. The van der Waals surface area contributed by atoms with E-state index in [-0.39, 0.29) is 23.3 Å². The Morgan fingerprint density at radius 3 is 3.13 bits per heavy atom. The van der Waals surface area contributed by atoms with Crippen LogP contribution < -0.4 is 11.1 Å². The summed E-state index contributed by atoms with van der Waals surface area (Å²) in [6, 6.07) is 0. The molecule has 1 aliphatic carbocycles. The van der Waals surface area contributed by atoms with Crippen LogP contribution in [0.25, 0.3) is 0 Å². The van der Waals surface area contributed by atoms with Crippen LogP contribution in [-0.4, -0.2) is 47.7 Å². The summed E-state index contributed by atoms with van der Waals surface area (Å²) in [5.74, 6) is -0.0738. The van der Waals surface area contributed by atoms with E-state index >= 15 is 0 Å². The topological polar surface area (TPSA) is 91.4 Å². The van der Waals surface area contributed by atoms with Gasteiger partial charge in [0.15, 0.2) is 0 Å². The molecule has 1 saturated carbocycles. The summed E-state index contributed by atoms with van der Waals surface area (Å²) in [4.78, 5) is 12.9. The summed E-state index contributed by atoms with van der Waals surface area (Å²) in [5.41, 5.74) is 5.94. The summed E-state index contributed by atoms with van der Waals surface area (Å²) in [6.07, 6.45) is 5.39. The molecule has 2 fully saturated rings. The third-order valence-electron chi connectivity index (χ3n) is 5.48. The minimum absolute atomic E-state index is 0.0661. The number of hydrogen-bond acceptors (Lipinski definition) is 5. The summed E-state index contributed by atoms with van der Waals surface area (Å²) in [7, 11) is 1.64.